The summed E-state index contributed by atoms with van der Waals surface area (Å²) in [6.07, 6.45) is 0. The Hall–Kier alpha value is -2.19. The zero-order valence-corrected chi connectivity index (χ0v) is 19.7. The van der Waals surface area contributed by atoms with Gasteiger partial charge in [-0.3, -0.25) is 14.6 Å². The van der Waals surface area contributed by atoms with Crippen molar-refractivity contribution in [1.82, 2.24) is 14.7 Å². The fraction of sp³-hybridized carbons (Fsp3) is 0.480. The summed E-state index contributed by atoms with van der Waals surface area (Å²) in [6, 6.07) is 13.9. The maximum atomic E-state index is 13.4. The number of ether oxygens (including phenoxy) is 2. The molecule has 0 aromatic heterocycles. The maximum Gasteiger partial charge on any atom is 0.260 e. The van der Waals surface area contributed by atoms with Gasteiger partial charge in [-0.15, -0.1) is 0 Å². The Morgan fingerprint density at radius 3 is 2.48 bits per heavy atom. The largest absolute Gasteiger partial charge is 0.484 e. The van der Waals surface area contributed by atoms with Crippen molar-refractivity contribution >= 4 is 17.5 Å². The molecule has 4 rings (SSSR count). The van der Waals surface area contributed by atoms with Crippen LogP contribution in [0.1, 0.15) is 12.5 Å². The molecule has 2 aromatic rings. The summed E-state index contributed by atoms with van der Waals surface area (Å²) in [7, 11) is 0. The van der Waals surface area contributed by atoms with E-state index in [4.69, 9.17) is 21.1 Å². The Kier molecular flexibility index (Phi) is 8.20. The van der Waals surface area contributed by atoms with Gasteiger partial charge in [0.05, 0.1) is 13.2 Å². The second-order valence-corrected chi connectivity index (χ2v) is 9.20. The van der Waals surface area contributed by atoms with Gasteiger partial charge in [0.25, 0.3) is 5.91 Å². The second-order valence-electron chi connectivity index (χ2n) is 8.76. The maximum absolute atomic E-state index is 13.4. The van der Waals surface area contributed by atoms with Gasteiger partial charge >= 0.3 is 0 Å². The van der Waals surface area contributed by atoms with Gasteiger partial charge in [0.1, 0.15) is 11.6 Å². The molecule has 8 heteroatoms. The van der Waals surface area contributed by atoms with Crippen LogP contribution in [0.4, 0.5) is 4.39 Å². The van der Waals surface area contributed by atoms with E-state index < -0.39 is 0 Å². The van der Waals surface area contributed by atoms with E-state index in [0.717, 1.165) is 51.5 Å². The lowest BCUT2D eigenvalue weighted by Gasteiger charge is -2.47. The molecule has 0 bridgehead atoms. The first kappa shape index (κ1) is 24.0. The van der Waals surface area contributed by atoms with E-state index in [1.165, 1.54) is 12.1 Å². The molecule has 0 saturated carbocycles. The molecule has 2 fully saturated rings. The van der Waals surface area contributed by atoms with Crippen LogP contribution in [0, 0.1) is 5.82 Å². The van der Waals surface area contributed by atoms with E-state index in [1.54, 1.807) is 24.3 Å². The van der Waals surface area contributed by atoms with Crippen LogP contribution in [0.2, 0.25) is 5.02 Å². The van der Waals surface area contributed by atoms with E-state index >= 15 is 0 Å². The van der Waals surface area contributed by atoms with Gasteiger partial charge in [-0.1, -0.05) is 23.7 Å². The highest BCUT2D eigenvalue weighted by atomic mass is 35.5. The summed E-state index contributed by atoms with van der Waals surface area (Å²) in [5.74, 6) is 0.374. The Morgan fingerprint density at radius 1 is 1.09 bits per heavy atom. The van der Waals surface area contributed by atoms with Crippen molar-refractivity contribution in [2.24, 2.45) is 0 Å². The highest BCUT2D eigenvalue weighted by Gasteiger charge is 2.35. The van der Waals surface area contributed by atoms with Crippen LogP contribution in [0.25, 0.3) is 0 Å². The average Bonchev–Trinajstić information content (AvgIpc) is 2.82. The number of halogens is 2. The van der Waals surface area contributed by atoms with Crippen LogP contribution in [0.5, 0.6) is 5.75 Å². The Bertz CT molecular complexity index is 906. The number of piperazine rings is 1. The van der Waals surface area contributed by atoms with Gasteiger partial charge in [0.2, 0.25) is 0 Å². The van der Waals surface area contributed by atoms with Crippen molar-refractivity contribution < 1.29 is 18.7 Å². The Labute approximate surface area is 199 Å². The molecule has 0 spiro atoms. The second kappa shape index (κ2) is 11.3. The summed E-state index contributed by atoms with van der Waals surface area (Å²) in [5, 5.41) is 0.630. The zero-order chi connectivity index (χ0) is 23.2. The summed E-state index contributed by atoms with van der Waals surface area (Å²) >= 11 is 5.92. The Morgan fingerprint density at radius 2 is 1.79 bits per heavy atom. The van der Waals surface area contributed by atoms with E-state index in [1.807, 2.05) is 17.0 Å². The van der Waals surface area contributed by atoms with Crippen LogP contribution in [-0.4, -0.2) is 85.2 Å². The molecule has 2 aromatic carbocycles. The number of carbonyl (C=O) groups excluding carboxylic acids is 1. The lowest BCUT2D eigenvalue weighted by Crippen LogP contribution is -2.62. The molecule has 2 aliphatic heterocycles. The summed E-state index contributed by atoms with van der Waals surface area (Å²) in [6.45, 7) is 8.28. The van der Waals surface area contributed by atoms with Gasteiger partial charge in [-0.25, -0.2) is 4.39 Å². The molecule has 6 nitrogen and oxygen atoms in total. The molecule has 2 saturated heterocycles. The number of nitrogens with zero attached hydrogens (tertiary/aromatic N) is 3. The van der Waals surface area contributed by atoms with Crippen LogP contribution in [-0.2, 0) is 16.1 Å². The molecule has 0 aliphatic carbocycles. The number of rotatable bonds is 7. The van der Waals surface area contributed by atoms with E-state index in [9.17, 15) is 9.18 Å². The van der Waals surface area contributed by atoms with Crippen LogP contribution >= 0.6 is 11.6 Å². The molecule has 33 heavy (non-hydrogen) atoms. The third-order valence-electron chi connectivity index (χ3n) is 6.32. The van der Waals surface area contributed by atoms with Gasteiger partial charge < -0.3 is 14.4 Å². The van der Waals surface area contributed by atoms with Gasteiger partial charge in [-0.2, -0.15) is 0 Å². The number of carbonyl (C=O) groups is 1. The number of morpholine rings is 1. The van der Waals surface area contributed by atoms with Crippen molar-refractivity contribution in [2.75, 3.05) is 52.5 Å². The zero-order valence-electron chi connectivity index (χ0n) is 19.0. The van der Waals surface area contributed by atoms with E-state index in [2.05, 4.69) is 16.7 Å². The standard InChI is InChI=1S/C25H31ClFN3O3/c1-19-14-29(15-20-2-6-22(27)7-3-20)23(16-28-10-12-32-13-11-28)17-30(19)25(31)18-33-24-8-4-21(26)5-9-24/h2-9,19,23H,10-18H2,1H3. The number of benzene rings is 2. The fourth-order valence-corrected chi connectivity index (χ4v) is 4.61. The van der Waals surface area contributed by atoms with Crippen molar-refractivity contribution in [3.63, 3.8) is 0 Å². The molecule has 0 N–H and O–H groups in total. The quantitative estimate of drug-likeness (QED) is 0.615. The highest BCUT2D eigenvalue weighted by Crippen LogP contribution is 2.21. The molecular weight excluding hydrogens is 445 g/mol. The van der Waals surface area contributed by atoms with Crippen LogP contribution < -0.4 is 4.74 Å². The molecule has 1 amide bonds. The van der Waals surface area contributed by atoms with Crippen LogP contribution in [0.3, 0.4) is 0 Å². The summed E-state index contributed by atoms with van der Waals surface area (Å²) in [5.41, 5.74) is 1.07. The minimum atomic E-state index is -0.229. The predicted molar refractivity (Wildman–Crippen MR) is 126 cm³/mol. The molecule has 2 heterocycles. The third-order valence-corrected chi connectivity index (χ3v) is 6.57. The van der Waals surface area contributed by atoms with Crippen molar-refractivity contribution in [1.29, 1.82) is 0 Å². The first-order chi connectivity index (χ1) is 16.0. The first-order valence-electron chi connectivity index (χ1n) is 11.4. The Balaban J connectivity index is 1.42. The van der Waals surface area contributed by atoms with Crippen molar-refractivity contribution in [2.45, 2.75) is 25.6 Å². The lowest BCUT2D eigenvalue weighted by molar-refractivity contribution is -0.140. The minimum absolute atomic E-state index is 0.00575. The van der Waals surface area contributed by atoms with Crippen LogP contribution in [0.15, 0.2) is 48.5 Å². The monoisotopic (exact) mass is 475 g/mol. The molecule has 2 unspecified atom stereocenters. The van der Waals surface area contributed by atoms with E-state index in [-0.39, 0.29) is 30.4 Å². The number of hydrogen-bond acceptors (Lipinski definition) is 5. The fourth-order valence-electron chi connectivity index (χ4n) is 4.49. The third kappa shape index (κ3) is 6.67. The molecule has 2 aliphatic rings. The molecular formula is C25H31ClFN3O3. The lowest BCUT2D eigenvalue weighted by atomic mass is 10.0. The number of hydrogen-bond donors (Lipinski definition) is 0. The predicted octanol–water partition coefficient (Wildman–Crippen LogP) is 3.29. The topological polar surface area (TPSA) is 45.2 Å². The molecule has 0 radical (unpaired) electrons. The SMILES string of the molecule is CC1CN(Cc2ccc(F)cc2)C(CN2CCOCC2)CN1C(=O)COc1ccc(Cl)cc1. The first-order valence-corrected chi connectivity index (χ1v) is 11.8. The summed E-state index contributed by atoms with van der Waals surface area (Å²) in [4.78, 5) is 19.8. The molecule has 2 atom stereocenters. The number of amides is 1. The smallest absolute Gasteiger partial charge is 0.260 e. The van der Waals surface area contributed by atoms with Gasteiger partial charge in [0, 0.05) is 56.4 Å². The highest BCUT2D eigenvalue weighted by molar-refractivity contribution is 6.30. The van der Waals surface area contributed by atoms with E-state index in [0.29, 0.717) is 17.3 Å². The normalized spacial score (nSPS) is 22.3. The van der Waals surface area contributed by atoms with Gasteiger partial charge in [-0.05, 0) is 48.9 Å². The van der Waals surface area contributed by atoms with Gasteiger partial charge in [0.15, 0.2) is 6.61 Å². The minimum Gasteiger partial charge on any atom is -0.484 e. The average molecular weight is 476 g/mol. The molecule has 178 valence electrons. The van der Waals surface area contributed by atoms with Crippen molar-refractivity contribution in [3.05, 3.63) is 64.9 Å². The van der Waals surface area contributed by atoms with Crippen molar-refractivity contribution in [3.8, 4) is 5.75 Å². The summed E-state index contributed by atoms with van der Waals surface area (Å²) < 4.78 is 24.6.